The number of carbonyl (C=O) groups is 3. The maximum absolute atomic E-state index is 12.0. The van der Waals surface area contributed by atoms with Crippen LogP contribution in [0.15, 0.2) is 12.7 Å². The van der Waals surface area contributed by atoms with Gasteiger partial charge in [0.1, 0.15) is 12.2 Å². The first kappa shape index (κ1) is 22.9. The summed E-state index contributed by atoms with van der Waals surface area (Å²) in [5, 5.41) is 5.38. The van der Waals surface area contributed by atoms with Crippen LogP contribution in [0.5, 0.6) is 0 Å². The second-order valence-electron chi connectivity index (χ2n) is 6.69. The molecule has 0 aromatic rings. The highest BCUT2D eigenvalue weighted by molar-refractivity contribution is 5.81. The molecule has 8 heteroatoms. The molecule has 2 atom stereocenters. The number of nitrogens with two attached hydrogens (primary N) is 1. The first-order valence-electron chi connectivity index (χ1n) is 8.38. The lowest BCUT2D eigenvalue weighted by Gasteiger charge is -2.20. The summed E-state index contributed by atoms with van der Waals surface area (Å²) < 4.78 is 9.78. The molecule has 0 fully saturated rings. The Hall–Kier alpha value is -2.09. The Morgan fingerprint density at radius 1 is 1.28 bits per heavy atom. The van der Waals surface area contributed by atoms with Gasteiger partial charge in [-0.15, -0.1) is 6.58 Å². The van der Waals surface area contributed by atoms with E-state index in [9.17, 15) is 14.4 Å². The third kappa shape index (κ3) is 12.9. The molecule has 25 heavy (non-hydrogen) atoms. The Balaban J connectivity index is 3.98. The van der Waals surface area contributed by atoms with Crippen LogP contribution in [0.25, 0.3) is 0 Å². The van der Waals surface area contributed by atoms with Crippen LogP contribution in [0.3, 0.4) is 0 Å². The standard InChI is InChI=1S/C17H31N3O5/c1-5-8-13(11-24-12-21)20-15(22)14(18)9-6-7-10-19-16(23)25-17(2,3)4/h5,12-14H,1,6-11,18H2,2-4H3,(H,19,23)(H,20,22)/t13-,14+/m0/s1. The molecule has 144 valence electrons. The monoisotopic (exact) mass is 357 g/mol. The number of unbranched alkanes of at least 4 members (excludes halogenated alkanes) is 1. The number of alkyl carbamates (subject to hydrolysis) is 1. The van der Waals surface area contributed by atoms with E-state index in [1.807, 2.05) is 0 Å². The molecule has 2 amide bonds. The molecule has 8 nitrogen and oxygen atoms in total. The summed E-state index contributed by atoms with van der Waals surface area (Å²) in [6, 6.07) is -1.000. The number of nitrogens with one attached hydrogen (secondary N) is 2. The lowest BCUT2D eigenvalue weighted by molar-refractivity contribution is -0.131. The van der Waals surface area contributed by atoms with E-state index in [0.29, 0.717) is 38.7 Å². The van der Waals surface area contributed by atoms with Crippen molar-refractivity contribution < 1.29 is 23.9 Å². The maximum atomic E-state index is 12.0. The van der Waals surface area contributed by atoms with Crippen molar-refractivity contribution in [2.24, 2.45) is 5.73 Å². The minimum Gasteiger partial charge on any atom is -0.466 e. The largest absolute Gasteiger partial charge is 0.466 e. The first-order chi connectivity index (χ1) is 11.7. The lowest BCUT2D eigenvalue weighted by Crippen LogP contribution is -2.46. The highest BCUT2D eigenvalue weighted by Gasteiger charge is 2.18. The molecule has 0 aromatic carbocycles. The summed E-state index contributed by atoms with van der Waals surface area (Å²) in [5.74, 6) is -0.304. The fourth-order valence-corrected chi connectivity index (χ4v) is 1.96. The molecular weight excluding hydrogens is 326 g/mol. The van der Waals surface area contributed by atoms with Gasteiger partial charge >= 0.3 is 6.09 Å². The molecule has 0 heterocycles. The van der Waals surface area contributed by atoms with Crippen LogP contribution in [-0.2, 0) is 19.1 Å². The minimum absolute atomic E-state index is 0.0772. The fraction of sp³-hybridized carbons (Fsp3) is 0.706. The van der Waals surface area contributed by atoms with E-state index >= 15 is 0 Å². The maximum Gasteiger partial charge on any atom is 0.407 e. The molecule has 0 saturated carbocycles. The van der Waals surface area contributed by atoms with E-state index in [2.05, 4.69) is 21.9 Å². The summed E-state index contributed by atoms with van der Waals surface area (Å²) in [4.78, 5) is 33.7. The van der Waals surface area contributed by atoms with Gasteiger partial charge in [0, 0.05) is 6.54 Å². The van der Waals surface area contributed by atoms with Crippen LogP contribution in [0.2, 0.25) is 0 Å². The van der Waals surface area contributed by atoms with Crippen LogP contribution in [0.1, 0.15) is 46.5 Å². The SMILES string of the molecule is C=CC[C@@H](COC=O)NC(=O)[C@H](N)CCCCNC(=O)OC(C)(C)C. The third-order valence-electron chi connectivity index (χ3n) is 3.11. The van der Waals surface area contributed by atoms with Gasteiger partial charge in [0.05, 0.1) is 12.1 Å². The van der Waals surface area contributed by atoms with Crippen molar-refractivity contribution in [2.45, 2.75) is 64.1 Å². The van der Waals surface area contributed by atoms with Crippen LogP contribution in [0.4, 0.5) is 4.79 Å². The molecule has 0 radical (unpaired) electrons. The highest BCUT2D eigenvalue weighted by atomic mass is 16.6. The molecule has 0 unspecified atom stereocenters. The second kappa shape index (κ2) is 12.3. The first-order valence-corrected chi connectivity index (χ1v) is 8.38. The zero-order valence-electron chi connectivity index (χ0n) is 15.4. The molecule has 0 aliphatic carbocycles. The van der Waals surface area contributed by atoms with E-state index in [0.717, 1.165) is 0 Å². The molecule has 4 N–H and O–H groups in total. The molecule has 0 rings (SSSR count). The van der Waals surface area contributed by atoms with Gasteiger partial charge in [-0.25, -0.2) is 4.79 Å². The molecular formula is C17H31N3O5. The van der Waals surface area contributed by atoms with Gasteiger partial charge in [0.25, 0.3) is 6.47 Å². The molecule has 0 spiro atoms. The Labute approximate surface area is 149 Å². The zero-order chi connectivity index (χ0) is 19.3. The van der Waals surface area contributed by atoms with E-state index < -0.39 is 17.7 Å². The summed E-state index contributed by atoms with van der Waals surface area (Å²) in [7, 11) is 0. The number of hydrogen-bond acceptors (Lipinski definition) is 6. The Morgan fingerprint density at radius 3 is 2.52 bits per heavy atom. The predicted octanol–water partition coefficient (Wildman–Crippen LogP) is 1.24. The van der Waals surface area contributed by atoms with Gasteiger partial charge in [-0.2, -0.15) is 0 Å². The van der Waals surface area contributed by atoms with Crippen LogP contribution < -0.4 is 16.4 Å². The van der Waals surface area contributed by atoms with Gasteiger partial charge in [-0.3, -0.25) is 9.59 Å². The molecule has 0 bridgehead atoms. The van der Waals surface area contributed by atoms with E-state index in [1.165, 1.54) is 0 Å². The summed E-state index contributed by atoms with van der Waals surface area (Å²) in [6.45, 7) is 9.85. The summed E-state index contributed by atoms with van der Waals surface area (Å²) in [6.07, 6.45) is 3.50. The van der Waals surface area contributed by atoms with Gasteiger partial charge in [-0.05, 0) is 46.5 Å². The molecule has 0 aliphatic rings. The van der Waals surface area contributed by atoms with Gasteiger partial charge in [0.15, 0.2) is 0 Å². The topological polar surface area (TPSA) is 120 Å². The Kier molecular flexibility index (Phi) is 11.3. The molecule has 0 aromatic heterocycles. The number of amides is 2. The fourth-order valence-electron chi connectivity index (χ4n) is 1.96. The lowest BCUT2D eigenvalue weighted by atomic mass is 10.1. The average molecular weight is 357 g/mol. The van der Waals surface area contributed by atoms with Gasteiger partial charge in [-0.1, -0.05) is 6.08 Å². The number of carbonyl (C=O) groups excluding carboxylic acids is 3. The van der Waals surface area contributed by atoms with Crippen molar-refractivity contribution in [1.82, 2.24) is 10.6 Å². The normalized spacial score (nSPS) is 13.3. The van der Waals surface area contributed by atoms with Crippen molar-refractivity contribution in [3.05, 3.63) is 12.7 Å². The number of ether oxygens (including phenoxy) is 2. The van der Waals surface area contributed by atoms with Crippen LogP contribution in [0, 0.1) is 0 Å². The Morgan fingerprint density at radius 2 is 1.96 bits per heavy atom. The number of rotatable bonds is 12. The van der Waals surface area contributed by atoms with Crippen LogP contribution in [-0.4, -0.2) is 49.3 Å². The van der Waals surface area contributed by atoms with E-state index in [4.69, 9.17) is 10.5 Å². The van der Waals surface area contributed by atoms with E-state index in [-0.39, 0.29) is 18.6 Å². The van der Waals surface area contributed by atoms with Crippen molar-refractivity contribution in [3.8, 4) is 0 Å². The van der Waals surface area contributed by atoms with Crippen molar-refractivity contribution >= 4 is 18.5 Å². The average Bonchev–Trinajstić information content (AvgIpc) is 2.50. The second-order valence-corrected chi connectivity index (χ2v) is 6.69. The zero-order valence-corrected chi connectivity index (χ0v) is 15.4. The van der Waals surface area contributed by atoms with Gasteiger partial charge in [0.2, 0.25) is 5.91 Å². The van der Waals surface area contributed by atoms with Crippen molar-refractivity contribution in [2.75, 3.05) is 13.2 Å². The quantitative estimate of drug-likeness (QED) is 0.275. The number of hydrogen-bond donors (Lipinski definition) is 3. The third-order valence-corrected chi connectivity index (χ3v) is 3.11. The van der Waals surface area contributed by atoms with Crippen molar-refractivity contribution in [3.63, 3.8) is 0 Å². The summed E-state index contributed by atoms with van der Waals surface area (Å²) in [5.41, 5.74) is 5.33. The van der Waals surface area contributed by atoms with E-state index in [1.54, 1.807) is 26.8 Å². The Bertz CT molecular complexity index is 434. The predicted molar refractivity (Wildman–Crippen MR) is 94.8 cm³/mol. The van der Waals surface area contributed by atoms with Gasteiger partial charge < -0.3 is 25.8 Å². The minimum atomic E-state index is -0.662. The smallest absolute Gasteiger partial charge is 0.407 e. The molecule has 0 saturated heterocycles. The summed E-state index contributed by atoms with van der Waals surface area (Å²) >= 11 is 0. The highest BCUT2D eigenvalue weighted by Crippen LogP contribution is 2.06. The molecule has 0 aliphatic heterocycles. The van der Waals surface area contributed by atoms with Crippen molar-refractivity contribution in [1.29, 1.82) is 0 Å². The van der Waals surface area contributed by atoms with Crippen LogP contribution >= 0.6 is 0 Å².